The Balaban J connectivity index is 1.71. The number of carboxylic acid groups (broad SMARTS) is 1. The number of hydrogen-bond donors (Lipinski definition) is 2. The van der Waals surface area contributed by atoms with E-state index in [1.165, 1.54) is 12.1 Å². The van der Waals surface area contributed by atoms with E-state index in [0.29, 0.717) is 12.2 Å². The van der Waals surface area contributed by atoms with E-state index in [4.69, 9.17) is 4.74 Å². The van der Waals surface area contributed by atoms with Gasteiger partial charge >= 0.3 is 5.97 Å². The molecular formula is C29H28FNO3. The van der Waals surface area contributed by atoms with Crippen LogP contribution in [0.25, 0.3) is 21.9 Å². The standard InChI is InChI=1S/C29H28FNO3/c1-4-34-24-10-7-9-20(15-24)18(2)31-19(3)23-14-21-8-5-6-11-25(21)26(17-23)22-12-13-28(30)27(16-22)29(32)33/h5-19,31H,4H2,1-3H3,(H,32,33). The third-order valence-corrected chi connectivity index (χ3v) is 6.06. The molecule has 34 heavy (non-hydrogen) atoms. The first-order valence-corrected chi connectivity index (χ1v) is 11.4. The van der Waals surface area contributed by atoms with Crippen LogP contribution in [0.15, 0.2) is 78.9 Å². The van der Waals surface area contributed by atoms with Gasteiger partial charge in [-0.05, 0) is 90.2 Å². The minimum absolute atomic E-state index is 0.00787. The summed E-state index contributed by atoms with van der Waals surface area (Å²) in [5, 5.41) is 15.1. The van der Waals surface area contributed by atoms with Crippen LogP contribution < -0.4 is 10.1 Å². The molecule has 5 heteroatoms. The van der Waals surface area contributed by atoms with Gasteiger partial charge < -0.3 is 15.2 Å². The topological polar surface area (TPSA) is 58.6 Å². The highest BCUT2D eigenvalue weighted by Gasteiger charge is 2.17. The SMILES string of the molecule is CCOc1cccc(C(C)NC(C)c2cc(-c3ccc(F)c(C(=O)O)c3)c3ccccc3c2)c1. The summed E-state index contributed by atoms with van der Waals surface area (Å²) in [6.45, 7) is 6.80. The van der Waals surface area contributed by atoms with Crippen LogP contribution in [-0.2, 0) is 0 Å². The summed E-state index contributed by atoms with van der Waals surface area (Å²) in [5.41, 5.74) is 3.39. The number of nitrogens with one attached hydrogen (secondary N) is 1. The average Bonchev–Trinajstić information content (AvgIpc) is 2.84. The molecule has 0 saturated carbocycles. The largest absolute Gasteiger partial charge is 0.494 e. The highest BCUT2D eigenvalue weighted by Crippen LogP contribution is 2.34. The zero-order chi connectivity index (χ0) is 24.2. The maximum absolute atomic E-state index is 14.0. The second kappa shape index (κ2) is 10.1. The third kappa shape index (κ3) is 4.95. The summed E-state index contributed by atoms with van der Waals surface area (Å²) in [5.74, 6) is -1.17. The molecule has 4 nitrogen and oxygen atoms in total. The van der Waals surface area contributed by atoms with Gasteiger partial charge in [0.15, 0.2) is 0 Å². The van der Waals surface area contributed by atoms with Crippen LogP contribution in [0.3, 0.4) is 0 Å². The lowest BCUT2D eigenvalue weighted by Crippen LogP contribution is -2.22. The van der Waals surface area contributed by atoms with Crippen molar-refractivity contribution >= 4 is 16.7 Å². The molecule has 0 saturated heterocycles. The smallest absolute Gasteiger partial charge is 0.338 e. The molecule has 4 aromatic carbocycles. The van der Waals surface area contributed by atoms with E-state index in [9.17, 15) is 14.3 Å². The second-order valence-electron chi connectivity index (χ2n) is 8.40. The Morgan fingerprint density at radius 2 is 1.71 bits per heavy atom. The number of benzene rings is 4. The number of ether oxygens (including phenoxy) is 1. The molecular weight excluding hydrogens is 429 g/mol. The lowest BCUT2D eigenvalue weighted by Gasteiger charge is -2.23. The first-order chi connectivity index (χ1) is 16.4. The Morgan fingerprint density at radius 3 is 2.47 bits per heavy atom. The normalized spacial score (nSPS) is 12.9. The first kappa shape index (κ1) is 23.5. The zero-order valence-electron chi connectivity index (χ0n) is 19.5. The van der Waals surface area contributed by atoms with E-state index >= 15 is 0 Å². The fourth-order valence-corrected chi connectivity index (χ4v) is 4.29. The van der Waals surface area contributed by atoms with Gasteiger partial charge in [0, 0.05) is 12.1 Å². The monoisotopic (exact) mass is 457 g/mol. The van der Waals surface area contributed by atoms with Crippen LogP contribution in [0.2, 0.25) is 0 Å². The van der Waals surface area contributed by atoms with Gasteiger partial charge in [-0.2, -0.15) is 0 Å². The van der Waals surface area contributed by atoms with Gasteiger partial charge in [-0.1, -0.05) is 42.5 Å². The van der Waals surface area contributed by atoms with Crippen LogP contribution in [-0.4, -0.2) is 17.7 Å². The summed E-state index contributed by atoms with van der Waals surface area (Å²) in [6.07, 6.45) is 0. The molecule has 4 rings (SSSR count). The Bertz CT molecular complexity index is 1330. The molecule has 2 N–H and O–H groups in total. The van der Waals surface area contributed by atoms with Crippen molar-refractivity contribution in [2.45, 2.75) is 32.9 Å². The zero-order valence-corrected chi connectivity index (χ0v) is 19.5. The Morgan fingerprint density at radius 1 is 0.941 bits per heavy atom. The summed E-state index contributed by atoms with van der Waals surface area (Å²) < 4.78 is 19.7. The molecule has 0 aliphatic carbocycles. The van der Waals surface area contributed by atoms with E-state index < -0.39 is 11.8 Å². The van der Waals surface area contributed by atoms with Gasteiger partial charge in [-0.3, -0.25) is 0 Å². The second-order valence-corrected chi connectivity index (χ2v) is 8.40. The fourth-order valence-electron chi connectivity index (χ4n) is 4.29. The van der Waals surface area contributed by atoms with Crippen molar-refractivity contribution in [2.24, 2.45) is 0 Å². The molecule has 0 radical (unpaired) electrons. The Labute approximate surface area is 199 Å². The molecule has 2 unspecified atom stereocenters. The van der Waals surface area contributed by atoms with Crippen molar-refractivity contribution in [3.05, 3.63) is 101 Å². The summed E-state index contributed by atoms with van der Waals surface area (Å²) in [4.78, 5) is 11.5. The predicted molar refractivity (Wildman–Crippen MR) is 134 cm³/mol. The average molecular weight is 458 g/mol. The van der Waals surface area contributed by atoms with E-state index in [1.54, 1.807) is 6.07 Å². The minimum atomic E-state index is -1.28. The molecule has 174 valence electrons. The molecule has 0 aliphatic heterocycles. The molecule has 0 spiro atoms. The quantitative estimate of drug-likeness (QED) is 0.295. The van der Waals surface area contributed by atoms with Crippen molar-refractivity contribution in [2.75, 3.05) is 6.61 Å². The Hall–Kier alpha value is -3.70. The van der Waals surface area contributed by atoms with Gasteiger partial charge in [0.2, 0.25) is 0 Å². The molecule has 4 aromatic rings. The lowest BCUT2D eigenvalue weighted by molar-refractivity contribution is 0.0692. The number of carbonyl (C=O) groups is 1. The number of carboxylic acids is 1. The van der Waals surface area contributed by atoms with Gasteiger partial charge in [-0.25, -0.2) is 9.18 Å². The number of fused-ring (bicyclic) bond motifs is 1. The van der Waals surface area contributed by atoms with E-state index in [-0.39, 0.29) is 17.6 Å². The molecule has 0 aromatic heterocycles. The maximum atomic E-state index is 14.0. The van der Waals surface area contributed by atoms with E-state index in [0.717, 1.165) is 33.2 Å². The van der Waals surface area contributed by atoms with Crippen LogP contribution in [0, 0.1) is 5.82 Å². The van der Waals surface area contributed by atoms with Crippen LogP contribution in [0.5, 0.6) is 5.75 Å². The molecule has 0 aliphatic rings. The van der Waals surface area contributed by atoms with Gasteiger partial charge in [0.1, 0.15) is 11.6 Å². The van der Waals surface area contributed by atoms with Crippen molar-refractivity contribution in [3.63, 3.8) is 0 Å². The fraction of sp³-hybridized carbons (Fsp3) is 0.207. The summed E-state index contributed by atoms with van der Waals surface area (Å²) >= 11 is 0. The highest BCUT2D eigenvalue weighted by molar-refractivity contribution is 5.99. The number of aromatic carboxylic acids is 1. The Kier molecular flexibility index (Phi) is 6.94. The van der Waals surface area contributed by atoms with Gasteiger partial charge in [0.25, 0.3) is 0 Å². The summed E-state index contributed by atoms with van der Waals surface area (Å²) in [7, 11) is 0. The van der Waals surface area contributed by atoms with Gasteiger partial charge in [-0.15, -0.1) is 0 Å². The molecule has 0 heterocycles. The maximum Gasteiger partial charge on any atom is 0.338 e. The predicted octanol–water partition coefficient (Wildman–Crippen LogP) is 7.15. The molecule has 2 atom stereocenters. The highest BCUT2D eigenvalue weighted by atomic mass is 19.1. The number of rotatable bonds is 8. The lowest BCUT2D eigenvalue weighted by atomic mass is 9.92. The number of hydrogen-bond acceptors (Lipinski definition) is 3. The summed E-state index contributed by atoms with van der Waals surface area (Å²) in [6, 6.07) is 24.6. The molecule has 0 fully saturated rings. The van der Waals surface area contributed by atoms with E-state index in [2.05, 4.69) is 37.4 Å². The van der Waals surface area contributed by atoms with Crippen LogP contribution in [0.1, 0.15) is 54.3 Å². The van der Waals surface area contributed by atoms with Crippen molar-refractivity contribution in [3.8, 4) is 16.9 Å². The van der Waals surface area contributed by atoms with Crippen molar-refractivity contribution in [1.29, 1.82) is 0 Å². The van der Waals surface area contributed by atoms with Crippen molar-refractivity contribution in [1.82, 2.24) is 5.32 Å². The van der Waals surface area contributed by atoms with Crippen molar-refractivity contribution < 1.29 is 19.0 Å². The van der Waals surface area contributed by atoms with E-state index in [1.807, 2.05) is 49.4 Å². The molecule has 0 bridgehead atoms. The van der Waals surface area contributed by atoms with Gasteiger partial charge in [0.05, 0.1) is 12.2 Å². The molecule has 0 amide bonds. The van der Waals surface area contributed by atoms with Crippen LogP contribution >= 0.6 is 0 Å². The van der Waals surface area contributed by atoms with Crippen LogP contribution in [0.4, 0.5) is 4.39 Å². The number of halogens is 1. The minimum Gasteiger partial charge on any atom is -0.494 e. The first-order valence-electron chi connectivity index (χ1n) is 11.4. The third-order valence-electron chi connectivity index (χ3n) is 6.06.